The normalized spacial score (nSPS) is 22.1. The zero-order valence-corrected chi connectivity index (χ0v) is 15.9. The van der Waals surface area contributed by atoms with Gasteiger partial charge in [0.1, 0.15) is 5.75 Å². The lowest BCUT2D eigenvalue weighted by Crippen LogP contribution is -3.13. The van der Waals surface area contributed by atoms with Gasteiger partial charge in [-0.3, -0.25) is 0 Å². The summed E-state index contributed by atoms with van der Waals surface area (Å²) >= 11 is 0. The zero-order chi connectivity index (χ0) is 16.9. The van der Waals surface area contributed by atoms with Gasteiger partial charge in [0.05, 0.1) is 26.2 Å². The van der Waals surface area contributed by atoms with Gasteiger partial charge in [-0.25, -0.2) is 0 Å². The van der Waals surface area contributed by atoms with Gasteiger partial charge in [0.2, 0.25) is 0 Å². The van der Waals surface area contributed by atoms with E-state index in [1.807, 2.05) is 0 Å². The van der Waals surface area contributed by atoms with Gasteiger partial charge in [0.25, 0.3) is 0 Å². The fraction of sp³-hybridized carbons (Fsp3) is 0.714. The molecule has 1 fully saturated rings. The number of likely N-dealkylation sites (tertiary alicyclic amines) is 1. The van der Waals surface area contributed by atoms with Gasteiger partial charge in [0.15, 0.2) is 0 Å². The quantitative estimate of drug-likeness (QED) is 0.788. The van der Waals surface area contributed by atoms with E-state index in [1.54, 1.807) is 4.90 Å². The fourth-order valence-electron chi connectivity index (χ4n) is 3.36. The second kappa shape index (κ2) is 8.19. The fourth-order valence-corrected chi connectivity index (χ4v) is 3.36. The molecule has 1 aliphatic rings. The smallest absolute Gasteiger partial charge is 0.122 e. The average molecular weight is 319 g/mol. The van der Waals surface area contributed by atoms with Gasteiger partial charge >= 0.3 is 0 Å². The summed E-state index contributed by atoms with van der Waals surface area (Å²) in [5.74, 6) is 2.00. The van der Waals surface area contributed by atoms with Crippen LogP contribution >= 0.6 is 0 Å². The topological polar surface area (TPSA) is 13.7 Å². The van der Waals surface area contributed by atoms with Crippen molar-refractivity contribution < 1.29 is 9.64 Å². The largest absolute Gasteiger partial charge is 0.493 e. The van der Waals surface area contributed by atoms with E-state index < -0.39 is 0 Å². The van der Waals surface area contributed by atoms with E-state index in [4.69, 9.17) is 4.74 Å². The Labute approximate surface area is 143 Å². The maximum absolute atomic E-state index is 6.00. The second-order valence-corrected chi connectivity index (χ2v) is 8.47. The first-order valence-corrected chi connectivity index (χ1v) is 9.44. The minimum atomic E-state index is 0.206. The molecule has 0 saturated carbocycles. The van der Waals surface area contributed by atoms with Crippen LogP contribution in [0.3, 0.4) is 0 Å². The van der Waals surface area contributed by atoms with Crippen LogP contribution in [0, 0.1) is 12.8 Å². The number of piperidine rings is 1. The summed E-state index contributed by atoms with van der Waals surface area (Å²) in [6, 6.07) is 6.63. The molecule has 0 atom stereocenters. The van der Waals surface area contributed by atoms with Crippen molar-refractivity contribution in [1.82, 2.24) is 0 Å². The van der Waals surface area contributed by atoms with Crippen molar-refractivity contribution in [3.05, 3.63) is 29.3 Å². The molecule has 2 heteroatoms. The zero-order valence-electron chi connectivity index (χ0n) is 15.9. The average Bonchev–Trinajstić information content (AvgIpc) is 2.49. The third kappa shape index (κ3) is 5.84. The molecule has 1 aromatic rings. The molecule has 0 unspecified atom stereocenters. The van der Waals surface area contributed by atoms with Crippen LogP contribution in [0.5, 0.6) is 5.75 Å². The molecule has 1 aliphatic heterocycles. The van der Waals surface area contributed by atoms with E-state index in [0.29, 0.717) is 0 Å². The molecule has 2 rings (SSSR count). The van der Waals surface area contributed by atoms with Crippen LogP contribution in [-0.2, 0) is 5.41 Å². The molecule has 0 amide bonds. The van der Waals surface area contributed by atoms with Crippen LogP contribution in [-0.4, -0.2) is 26.2 Å². The number of aryl methyl sites for hydroxylation is 1. The predicted octanol–water partition coefficient (Wildman–Crippen LogP) is 3.77. The molecule has 2 nitrogen and oxygen atoms in total. The Balaban J connectivity index is 1.68. The van der Waals surface area contributed by atoms with Crippen molar-refractivity contribution in [3.8, 4) is 5.75 Å². The molecule has 0 aromatic heterocycles. The molecule has 130 valence electrons. The van der Waals surface area contributed by atoms with Crippen LogP contribution in [0.25, 0.3) is 0 Å². The number of nitrogens with one attached hydrogen (secondary N) is 1. The molecule has 0 bridgehead atoms. The van der Waals surface area contributed by atoms with Crippen molar-refractivity contribution in [2.75, 3.05) is 26.2 Å². The van der Waals surface area contributed by atoms with Gasteiger partial charge < -0.3 is 9.64 Å². The molecule has 1 saturated heterocycles. The third-order valence-electron chi connectivity index (χ3n) is 5.20. The lowest BCUT2D eigenvalue weighted by molar-refractivity contribution is -0.906. The molecule has 0 aliphatic carbocycles. The van der Waals surface area contributed by atoms with Gasteiger partial charge in [-0.05, 0) is 61.1 Å². The maximum Gasteiger partial charge on any atom is 0.122 e. The molecule has 1 heterocycles. The summed E-state index contributed by atoms with van der Waals surface area (Å²) in [5, 5.41) is 0. The molecule has 0 spiro atoms. The number of hydrogen-bond acceptors (Lipinski definition) is 1. The Bertz CT molecular complexity index is 481. The standard InChI is InChI=1S/C21H35NO/c1-17-10-13-22(14-11-17)12-6-7-15-23-20-9-8-19(16-18(20)2)21(3,4)5/h8-9,16-17H,6-7,10-15H2,1-5H3/p+1. The van der Waals surface area contributed by atoms with Crippen molar-refractivity contribution in [3.63, 3.8) is 0 Å². The molecule has 1 aromatic carbocycles. The van der Waals surface area contributed by atoms with E-state index in [-0.39, 0.29) is 5.41 Å². The minimum Gasteiger partial charge on any atom is -0.493 e. The molecule has 0 radical (unpaired) electrons. The number of benzene rings is 1. The highest BCUT2D eigenvalue weighted by Gasteiger charge is 2.18. The monoisotopic (exact) mass is 318 g/mol. The number of unbranched alkanes of at least 4 members (excludes halogenated alkanes) is 1. The summed E-state index contributed by atoms with van der Waals surface area (Å²) in [4.78, 5) is 1.80. The van der Waals surface area contributed by atoms with Crippen LogP contribution in [0.15, 0.2) is 18.2 Å². The SMILES string of the molecule is Cc1cc(C(C)(C)C)ccc1OCCCC[NH+]1CCC(C)CC1. The summed E-state index contributed by atoms with van der Waals surface area (Å²) in [6.07, 6.45) is 5.26. The third-order valence-corrected chi connectivity index (χ3v) is 5.20. The van der Waals surface area contributed by atoms with E-state index in [9.17, 15) is 0 Å². The summed E-state index contributed by atoms with van der Waals surface area (Å²) in [6.45, 7) is 16.2. The molecular weight excluding hydrogens is 282 g/mol. The minimum absolute atomic E-state index is 0.206. The van der Waals surface area contributed by atoms with E-state index in [0.717, 1.165) is 18.3 Å². The van der Waals surface area contributed by atoms with Crippen molar-refractivity contribution in [1.29, 1.82) is 0 Å². The highest BCUT2D eigenvalue weighted by atomic mass is 16.5. The van der Waals surface area contributed by atoms with Crippen molar-refractivity contribution in [2.45, 2.75) is 65.7 Å². The van der Waals surface area contributed by atoms with E-state index in [1.165, 1.54) is 56.4 Å². The Kier molecular flexibility index (Phi) is 6.52. The molecule has 23 heavy (non-hydrogen) atoms. The number of ether oxygens (including phenoxy) is 1. The van der Waals surface area contributed by atoms with E-state index >= 15 is 0 Å². The summed E-state index contributed by atoms with van der Waals surface area (Å²) in [7, 11) is 0. The van der Waals surface area contributed by atoms with Crippen molar-refractivity contribution >= 4 is 0 Å². The van der Waals surface area contributed by atoms with Gasteiger partial charge in [-0.15, -0.1) is 0 Å². The summed E-state index contributed by atoms with van der Waals surface area (Å²) < 4.78 is 6.00. The molecule has 1 N–H and O–H groups in total. The first kappa shape index (κ1) is 18.3. The maximum atomic E-state index is 6.00. The predicted molar refractivity (Wildman–Crippen MR) is 98.6 cm³/mol. The van der Waals surface area contributed by atoms with Gasteiger partial charge in [-0.2, -0.15) is 0 Å². The number of quaternary nitrogens is 1. The highest BCUT2D eigenvalue weighted by Crippen LogP contribution is 2.27. The van der Waals surface area contributed by atoms with Crippen LogP contribution in [0.4, 0.5) is 0 Å². The highest BCUT2D eigenvalue weighted by molar-refractivity contribution is 5.38. The summed E-state index contributed by atoms with van der Waals surface area (Å²) in [5.41, 5.74) is 2.84. The Morgan fingerprint density at radius 2 is 1.83 bits per heavy atom. The lowest BCUT2D eigenvalue weighted by atomic mass is 9.86. The van der Waals surface area contributed by atoms with Crippen LogP contribution in [0.2, 0.25) is 0 Å². The van der Waals surface area contributed by atoms with Gasteiger partial charge in [0, 0.05) is 0 Å². The molecular formula is C21H36NO+. The number of hydrogen-bond donors (Lipinski definition) is 1. The Morgan fingerprint density at radius 1 is 1.13 bits per heavy atom. The van der Waals surface area contributed by atoms with E-state index in [2.05, 4.69) is 52.8 Å². The Hall–Kier alpha value is -1.02. The van der Waals surface area contributed by atoms with Crippen LogP contribution < -0.4 is 9.64 Å². The Morgan fingerprint density at radius 3 is 2.43 bits per heavy atom. The lowest BCUT2D eigenvalue weighted by Gasteiger charge is -2.27. The first-order valence-electron chi connectivity index (χ1n) is 9.44. The van der Waals surface area contributed by atoms with Crippen LogP contribution in [0.1, 0.15) is 64.5 Å². The van der Waals surface area contributed by atoms with Gasteiger partial charge in [-0.1, -0.05) is 39.8 Å². The first-order chi connectivity index (χ1) is 10.9. The number of rotatable bonds is 6. The van der Waals surface area contributed by atoms with Crippen molar-refractivity contribution in [2.24, 2.45) is 5.92 Å². The second-order valence-electron chi connectivity index (χ2n) is 8.47.